The van der Waals surface area contributed by atoms with Crippen LogP contribution in [0.2, 0.25) is 0 Å². The number of rotatable bonds is 3. The Labute approximate surface area is 58.1 Å². The van der Waals surface area contributed by atoms with E-state index in [2.05, 4.69) is 8.86 Å². The second kappa shape index (κ2) is 4.51. The van der Waals surface area contributed by atoms with Crippen molar-refractivity contribution in [1.82, 2.24) is 4.90 Å². The molecule has 0 N–H and O–H groups in total. The summed E-state index contributed by atoms with van der Waals surface area (Å²) < 4.78 is 0. The first kappa shape index (κ1) is 8.64. The fourth-order valence-electron chi connectivity index (χ4n) is 0.627. The van der Waals surface area contributed by atoms with E-state index in [0.717, 1.165) is 13.1 Å². The van der Waals surface area contributed by atoms with Crippen LogP contribution in [0.3, 0.4) is 0 Å². The summed E-state index contributed by atoms with van der Waals surface area (Å²) in [5.74, 6) is 1.43. The van der Waals surface area contributed by atoms with Gasteiger partial charge in [0.1, 0.15) is 0 Å². The molecule has 3 heteroatoms. The minimum absolute atomic E-state index is 0.0386. The summed E-state index contributed by atoms with van der Waals surface area (Å²) in [6.45, 7) is 5.46. The molecular weight excluding hydrogens is 133 g/mol. The van der Waals surface area contributed by atoms with Gasteiger partial charge in [-0.05, 0) is 13.8 Å². The molecule has 1 amide bonds. The van der Waals surface area contributed by atoms with Crippen molar-refractivity contribution in [2.75, 3.05) is 13.1 Å². The Bertz CT molecular complexity index is 110. The Morgan fingerprint density at radius 1 is 1.56 bits per heavy atom. The van der Waals surface area contributed by atoms with Crippen molar-refractivity contribution in [3.63, 3.8) is 0 Å². The van der Waals surface area contributed by atoms with E-state index in [1.807, 2.05) is 13.8 Å². The maximum atomic E-state index is 10.8. The van der Waals surface area contributed by atoms with Crippen LogP contribution in [0.1, 0.15) is 13.8 Å². The van der Waals surface area contributed by atoms with Crippen LogP contribution in [0, 0.1) is 0 Å². The number of hydrogen-bond donors (Lipinski definition) is 0. The summed E-state index contributed by atoms with van der Waals surface area (Å²) in [7, 11) is 3.03. The topological polar surface area (TPSA) is 20.3 Å². The molecule has 0 aliphatic heterocycles. The Morgan fingerprint density at radius 3 is 2.11 bits per heavy atom. The zero-order valence-corrected chi connectivity index (χ0v) is 6.85. The first-order valence-corrected chi connectivity index (χ1v) is 3.63. The lowest BCUT2D eigenvalue weighted by molar-refractivity contribution is -0.123. The highest BCUT2D eigenvalue weighted by Gasteiger charge is 2.02. The van der Waals surface area contributed by atoms with Gasteiger partial charge in [-0.15, -0.1) is 8.86 Å². The van der Waals surface area contributed by atoms with Crippen molar-refractivity contribution >= 4 is 20.6 Å². The number of nitrogens with zero attached hydrogens (tertiary/aromatic N) is 1. The third-order valence-corrected chi connectivity index (χ3v) is 1.45. The molecular formula is C6H12NOP. The van der Waals surface area contributed by atoms with Crippen molar-refractivity contribution in [1.29, 1.82) is 0 Å². The number of carbonyl (C=O) groups is 1. The highest BCUT2D eigenvalue weighted by Crippen LogP contribution is 1.85. The van der Waals surface area contributed by atoms with Crippen LogP contribution in [0.4, 0.5) is 0 Å². The minimum atomic E-state index is 0.0386. The Balaban J connectivity index is 3.78. The fourth-order valence-corrected chi connectivity index (χ4v) is 0.809. The zero-order valence-electron chi connectivity index (χ0n) is 5.85. The standard InChI is InChI=1S/C6H12NOP/c1-3-7(4-2)6(8)5-9/h5,9H,3-4H2,1-2H3. The van der Waals surface area contributed by atoms with Gasteiger partial charge in [-0.2, -0.15) is 0 Å². The minimum Gasteiger partial charge on any atom is -0.339 e. The molecule has 0 fully saturated rings. The summed E-state index contributed by atoms with van der Waals surface area (Å²) in [5.41, 5.74) is 0. The van der Waals surface area contributed by atoms with Crippen LogP contribution in [0.15, 0.2) is 0 Å². The van der Waals surface area contributed by atoms with Crippen LogP contribution in [-0.4, -0.2) is 29.7 Å². The van der Waals surface area contributed by atoms with E-state index in [1.165, 1.54) is 5.80 Å². The highest BCUT2D eigenvalue weighted by atomic mass is 31.0. The number of hydrogen-bond acceptors (Lipinski definition) is 1. The third-order valence-electron chi connectivity index (χ3n) is 1.20. The van der Waals surface area contributed by atoms with Crippen molar-refractivity contribution in [3.05, 3.63) is 0 Å². The van der Waals surface area contributed by atoms with Crippen LogP contribution in [-0.2, 0) is 4.79 Å². The maximum Gasteiger partial charge on any atom is 0.250 e. The summed E-state index contributed by atoms with van der Waals surface area (Å²) in [5, 5.41) is 0. The molecule has 0 atom stereocenters. The van der Waals surface area contributed by atoms with Gasteiger partial charge in [0.15, 0.2) is 0 Å². The number of amides is 1. The van der Waals surface area contributed by atoms with Crippen molar-refractivity contribution in [2.24, 2.45) is 0 Å². The van der Waals surface area contributed by atoms with Crippen LogP contribution < -0.4 is 0 Å². The van der Waals surface area contributed by atoms with E-state index in [-0.39, 0.29) is 5.91 Å². The zero-order chi connectivity index (χ0) is 7.28. The molecule has 0 bridgehead atoms. The first-order valence-electron chi connectivity index (χ1n) is 3.05. The van der Waals surface area contributed by atoms with Crippen LogP contribution in [0.25, 0.3) is 0 Å². The third kappa shape index (κ3) is 2.62. The molecule has 0 aromatic heterocycles. The van der Waals surface area contributed by atoms with Gasteiger partial charge in [0.2, 0.25) is 0 Å². The van der Waals surface area contributed by atoms with Gasteiger partial charge in [0.05, 0.1) is 0 Å². The van der Waals surface area contributed by atoms with E-state index in [1.54, 1.807) is 4.90 Å². The molecule has 0 spiro atoms. The van der Waals surface area contributed by atoms with Crippen LogP contribution in [0.5, 0.6) is 0 Å². The quantitative estimate of drug-likeness (QED) is 0.538. The molecule has 0 saturated carbocycles. The van der Waals surface area contributed by atoms with Crippen molar-refractivity contribution in [2.45, 2.75) is 13.8 Å². The normalized spacial score (nSPS) is 8.67. The van der Waals surface area contributed by atoms with E-state index >= 15 is 0 Å². The Morgan fingerprint density at radius 2 is 2.00 bits per heavy atom. The molecule has 9 heavy (non-hydrogen) atoms. The van der Waals surface area contributed by atoms with E-state index in [9.17, 15) is 4.79 Å². The molecule has 0 aliphatic carbocycles. The second-order valence-corrected chi connectivity index (χ2v) is 1.94. The molecule has 0 radical (unpaired) electrons. The summed E-state index contributed by atoms with van der Waals surface area (Å²) in [6.07, 6.45) is 0. The SMILES string of the molecule is CCN(CC)C(=O)C=P. The molecule has 0 aliphatic rings. The van der Waals surface area contributed by atoms with Gasteiger partial charge in [-0.3, -0.25) is 4.79 Å². The average Bonchev–Trinajstić information content (AvgIpc) is 1.90. The summed E-state index contributed by atoms with van der Waals surface area (Å²) in [6, 6.07) is 0. The van der Waals surface area contributed by atoms with E-state index < -0.39 is 0 Å². The first-order chi connectivity index (χ1) is 4.26. The fraction of sp³-hybridized carbons (Fsp3) is 0.667. The second-order valence-electron chi connectivity index (χ2n) is 1.65. The lowest BCUT2D eigenvalue weighted by Crippen LogP contribution is -2.30. The van der Waals surface area contributed by atoms with Gasteiger partial charge in [-0.25, -0.2) is 0 Å². The molecule has 0 rings (SSSR count). The molecule has 0 aromatic carbocycles. The smallest absolute Gasteiger partial charge is 0.250 e. The van der Waals surface area contributed by atoms with Crippen LogP contribution >= 0.6 is 8.86 Å². The largest absolute Gasteiger partial charge is 0.339 e. The van der Waals surface area contributed by atoms with E-state index in [0.29, 0.717) is 0 Å². The van der Waals surface area contributed by atoms with Gasteiger partial charge in [0, 0.05) is 18.9 Å². The van der Waals surface area contributed by atoms with Gasteiger partial charge in [-0.1, -0.05) is 0 Å². The number of carbonyl (C=O) groups excluding carboxylic acids is 1. The predicted octanol–water partition coefficient (Wildman–Crippen LogP) is 0.800. The van der Waals surface area contributed by atoms with E-state index in [4.69, 9.17) is 0 Å². The average molecular weight is 145 g/mol. The highest BCUT2D eigenvalue weighted by molar-refractivity contribution is 7.22. The lowest BCUT2D eigenvalue weighted by Gasteiger charge is -2.14. The Hall–Kier alpha value is -0.360. The van der Waals surface area contributed by atoms with Crippen molar-refractivity contribution < 1.29 is 4.79 Å². The maximum absolute atomic E-state index is 10.8. The lowest BCUT2D eigenvalue weighted by atomic mass is 10.5. The predicted molar refractivity (Wildman–Crippen MR) is 42.3 cm³/mol. The van der Waals surface area contributed by atoms with Gasteiger partial charge < -0.3 is 4.90 Å². The van der Waals surface area contributed by atoms with Gasteiger partial charge >= 0.3 is 0 Å². The molecule has 0 aromatic rings. The van der Waals surface area contributed by atoms with Gasteiger partial charge in [0.25, 0.3) is 5.91 Å². The summed E-state index contributed by atoms with van der Waals surface area (Å²) in [4.78, 5) is 12.5. The Kier molecular flexibility index (Phi) is 4.33. The molecule has 2 nitrogen and oxygen atoms in total. The molecule has 0 heterocycles. The van der Waals surface area contributed by atoms with Crippen molar-refractivity contribution in [3.8, 4) is 0 Å². The molecule has 52 valence electrons. The monoisotopic (exact) mass is 145 g/mol. The summed E-state index contributed by atoms with van der Waals surface area (Å²) >= 11 is 0. The molecule has 0 unspecified atom stereocenters. The molecule has 0 saturated heterocycles.